The lowest BCUT2D eigenvalue weighted by atomic mass is 9.95. The molecule has 4 nitrogen and oxygen atoms in total. The van der Waals surface area contributed by atoms with E-state index in [9.17, 15) is 0 Å². The van der Waals surface area contributed by atoms with Gasteiger partial charge >= 0.3 is 0 Å². The molecule has 0 N–H and O–H groups in total. The van der Waals surface area contributed by atoms with Crippen LogP contribution in [-0.2, 0) is 0 Å². The van der Waals surface area contributed by atoms with Gasteiger partial charge in [-0.15, -0.1) is 0 Å². The molecule has 0 atom stereocenters. The quantitative estimate of drug-likeness (QED) is 0.0866. The molecule has 4 aromatic carbocycles. The van der Waals surface area contributed by atoms with E-state index in [4.69, 9.17) is 18.3 Å². The third-order valence-corrected chi connectivity index (χ3v) is 8.63. The zero-order chi connectivity index (χ0) is 28.7. The molecule has 0 amide bonds. The second kappa shape index (κ2) is 13.5. The maximum atomic E-state index is 6.07. The number of fused-ring (bicyclic) bond motifs is 9. The van der Waals surface area contributed by atoms with Crippen LogP contribution in [0.4, 0.5) is 0 Å². The van der Waals surface area contributed by atoms with Crippen LogP contribution in [0.3, 0.4) is 0 Å². The Balaban J connectivity index is 1.21. The van der Waals surface area contributed by atoms with Crippen LogP contribution < -0.4 is 9.47 Å². The van der Waals surface area contributed by atoms with E-state index in [0.717, 1.165) is 34.8 Å². The Morgan fingerprint density at radius 3 is 1.14 bits per heavy atom. The first kappa shape index (κ1) is 28.5. The smallest absolute Gasteiger partial charge is 0.285 e. The van der Waals surface area contributed by atoms with Gasteiger partial charge in [0.1, 0.15) is 11.2 Å². The van der Waals surface area contributed by atoms with Gasteiger partial charge < -0.3 is 18.3 Å². The molecule has 0 radical (unpaired) electrons. The van der Waals surface area contributed by atoms with Crippen molar-refractivity contribution in [2.24, 2.45) is 0 Å². The van der Waals surface area contributed by atoms with Crippen molar-refractivity contribution in [3.63, 3.8) is 0 Å². The van der Waals surface area contributed by atoms with Crippen LogP contribution in [-0.4, -0.2) is 13.2 Å². The van der Waals surface area contributed by atoms with Gasteiger partial charge in [-0.1, -0.05) is 114 Å². The summed E-state index contributed by atoms with van der Waals surface area (Å²) in [6.45, 7) is 5.90. The Kier molecular flexibility index (Phi) is 9.18. The van der Waals surface area contributed by atoms with Gasteiger partial charge in [-0.05, 0) is 57.3 Å². The Labute approximate surface area is 248 Å². The highest BCUT2D eigenvalue weighted by Gasteiger charge is 2.14. The van der Waals surface area contributed by atoms with Gasteiger partial charge in [0, 0.05) is 22.9 Å². The Bertz CT molecular complexity index is 1640. The average molecular weight is 565 g/mol. The van der Waals surface area contributed by atoms with Crippen molar-refractivity contribution in [2.75, 3.05) is 13.2 Å². The van der Waals surface area contributed by atoms with Crippen LogP contribution in [0.5, 0.6) is 11.9 Å². The summed E-state index contributed by atoms with van der Waals surface area (Å²) in [6.07, 6.45) is 15.0. The highest BCUT2D eigenvalue weighted by molar-refractivity contribution is 6.24. The maximum absolute atomic E-state index is 6.07. The van der Waals surface area contributed by atoms with Gasteiger partial charge in [0.05, 0.1) is 13.2 Å². The van der Waals surface area contributed by atoms with Crippen molar-refractivity contribution < 1.29 is 18.3 Å². The molecule has 4 heteroatoms. The highest BCUT2D eigenvalue weighted by atomic mass is 16.6. The Hall–Kier alpha value is -3.66. The predicted molar refractivity (Wildman–Crippen MR) is 176 cm³/mol. The summed E-state index contributed by atoms with van der Waals surface area (Å²) in [4.78, 5) is 0. The molecule has 0 saturated heterocycles. The van der Waals surface area contributed by atoms with Crippen molar-refractivity contribution in [1.29, 1.82) is 0 Å². The summed E-state index contributed by atoms with van der Waals surface area (Å²) in [7, 11) is 0. The Morgan fingerprint density at radius 1 is 0.405 bits per heavy atom. The lowest BCUT2D eigenvalue weighted by molar-refractivity contribution is 0.242. The molecule has 0 aliphatic rings. The first-order valence-corrected chi connectivity index (χ1v) is 16.3. The van der Waals surface area contributed by atoms with E-state index in [2.05, 4.69) is 74.5 Å². The summed E-state index contributed by atoms with van der Waals surface area (Å²) in [5.41, 5.74) is 1.74. The van der Waals surface area contributed by atoms with Crippen molar-refractivity contribution in [1.82, 2.24) is 0 Å². The molecule has 0 fully saturated rings. The molecule has 220 valence electrons. The molecule has 2 aromatic heterocycles. The third-order valence-electron chi connectivity index (χ3n) is 8.63. The van der Waals surface area contributed by atoms with E-state index in [1.807, 2.05) is 0 Å². The first-order chi connectivity index (χ1) is 20.8. The van der Waals surface area contributed by atoms with Crippen LogP contribution in [0.2, 0.25) is 0 Å². The molecular weight excluding hydrogens is 520 g/mol. The molecular formula is C38H44O4. The number of rotatable bonds is 16. The average Bonchev–Trinajstić information content (AvgIpc) is 3.63. The zero-order valence-electron chi connectivity index (χ0n) is 25.3. The first-order valence-electron chi connectivity index (χ1n) is 16.3. The lowest BCUT2D eigenvalue weighted by Gasteiger charge is -2.08. The second-order valence-electron chi connectivity index (χ2n) is 11.7. The van der Waals surface area contributed by atoms with Crippen LogP contribution in [0, 0.1) is 0 Å². The van der Waals surface area contributed by atoms with Crippen molar-refractivity contribution >= 4 is 54.3 Å². The van der Waals surface area contributed by atoms with E-state index < -0.39 is 0 Å². The van der Waals surface area contributed by atoms with Gasteiger partial charge in [-0.25, -0.2) is 0 Å². The molecule has 0 unspecified atom stereocenters. The number of benzene rings is 4. The number of unbranched alkanes of at least 4 members (excludes halogenated alkanes) is 10. The molecule has 0 aliphatic carbocycles. The predicted octanol–water partition coefficient (Wildman–Crippen LogP) is 12.1. The van der Waals surface area contributed by atoms with E-state index >= 15 is 0 Å². The summed E-state index contributed by atoms with van der Waals surface area (Å²) < 4.78 is 24.1. The highest BCUT2D eigenvalue weighted by Crippen LogP contribution is 2.39. The maximum Gasteiger partial charge on any atom is 0.285 e. The van der Waals surface area contributed by atoms with Crippen molar-refractivity contribution in [3.05, 3.63) is 60.7 Å². The molecule has 6 rings (SSSR count). The molecule has 0 aliphatic heterocycles. The number of hydrogen-bond donors (Lipinski definition) is 0. The third kappa shape index (κ3) is 6.09. The fourth-order valence-corrected chi connectivity index (χ4v) is 6.28. The second-order valence-corrected chi connectivity index (χ2v) is 11.7. The number of hydrogen-bond acceptors (Lipinski definition) is 4. The number of ether oxygens (including phenoxy) is 2. The van der Waals surface area contributed by atoms with Gasteiger partial charge in [-0.3, -0.25) is 0 Å². The normalized spacial score (nSPS) is 12.0. The van der Waals surface area contributed by atoms with E-state index in [-0.39, 0.29) is 0 Å². The summed E-state index contributed by atoms with van der Waals surface area (Å²) >= 11 is 0. The minimum Gasteiger partial charge on any atom is -0.465 e. The van der Waals surface area contributed by atoms with E-state index in [1.165, 1.54) is 96.5 Å². The van der Waals surface area contributed by atoms with Gasteiger partial charge in [0.15, 0.2) is 0 Å². The Morgan fingerprint density at radius 2 is 0.738 bits per heavy atom. The van der Waals surface area contributed by atoms with Crippen LogP contribution in [0.1, 0.15) is 90.9 Å². The minimum atomic E-state index is 0.613. The SMILES string of the molecule is CCCCCCCCOc1cc2c(ccc3c2ccc2c4ccc5oc(OCCCCCCCC)cc5c4ccc32)o1. The van der Waals surface area contributed by atoms with Crippen molar-refractivity contribution in [3.8, 4) is 11.9 Å². The van der Waals surface area contributed by atoms with Crippen LogP contribution in [0.15, 0.2) is 69.5 Å². The van der Waals surface area contributed by atoms with Crippen LogP contribution >= 0.6 is 0 Å². The van der Waals surface area contributed by atoms with Gasteiger partial charge in [-0.2, -0.15) is 0 Å². The summed E-state index contributed by atoms with van der Waals surface area (Å²) in [5, 5.41) is 9.50. The fourth-order valence-electron chi connectivity index (χ4n) is 6.28. The molecule has 0 spiro atoms. The van der Waals surface area contributed by atoms with Crippen LogP contribution in [0.25, 0.3) is 54.3 Å². The lowest BCUT2D eigenvalue weighted by Crippen LogP contribution is -1.95. The van der Waals surface area contributed by atoms with E-state index in [1.54, 1.807) is 0 Å². The molecule has 6 aromatic rings. The monoisotopic (exact) mass is 564 g/mol. The minimum absolute atomic E-state index is 0.613. The molecule has 0 bridgehead atoms. The van der Waals surface area contributed by atoms with Gasteiger partial charge in [0.25, 0.3) is 11.9 Å². The standard InChI is InChI=1S/C38H44O4/c1-3-5-7-9-11-13-23-39-37-25-33-31-17-15-28-27(29(31)19-21-35(33)41-37)16-18-32-30(28)20-22-36-34(32)26-38(42-36)40-24-14-12-10-8-6-4-2/h15-22,25-26H,3-14,23-24H2,1-2H3. The molecule has 42 heavy (non-hydrogen) atoms. The zero-order valence-corrected chi connectivity index (χ0v) is 25.3. The van der Waals surface area contributed by atoms with Crippen molar-refractivity contribution in [2.45, 2.75) is 90.9 Å². The van der Waals surface area contributed by atoms with E-state index in [0.29, 0.717) is 25.1 Å². The fraction of sp³-hybridized carbons (Fsp3) is 0.421. The number of furan rings is 2. The molecule has 0 saturated carbocycles. The molecule has 2 heterocycles. The van der Waals surface area contributed by atoms with Gasteiger partial charge in [0.2, 0.25) is 0 Å². The topological polar surface area (TPSA) is 44.7 Å². The largest absolute Gasteiger partial charge is 0.465 e. The summed E-state index contributed by atoms with van der Waals surface area (Å²) in [6, 6.07) is 21.6. The summed E-state index contributed by atoms with van der Waals surface area (Å²) in [5.74, 6) is 1.23.